The van der Waals surface area contributed by atoms with Crippen molar-refractivity contribution in [1.29, 1.82) is 0 Å². The molecule has 0 aliphatic carbocycles. The summed E-state index contributed by atoms with van der Waals surface area (Å²) in [6.45, 7) is 4.71. The molecule has 0 bridgehead atoms. The molecule has 4 nitrogen and oxygen atoms in total. The van der Waals surface area contributed by atoms with E-state index in [2.05, 4.69) is 17.4 Å². The smallest absolute Gasteiger partial charge is 0.252 e. The molecule has 3 aromatic rings. The minimum atomic E-state index is -0.178. The van der Waals surface area contributed by atoms with Gasteiger partial charge in [0.2, 0.25) is 0 Å². The van der Waals surface area contributed by atoms with Gasteiger partial charge < -0.3 is 15.0 Å². The van der Waals surface area contributed by atoms with Gasteiger partial charge in [-0.2, -0.15) is 0 Å². The zero-order valence-corrected chi connectivity index (χ0v) is 16.5. The van der Waals surface area contributed by atoms with Crippen LogP contribution < -0.4 is 10.2 Å². The first-order valence-electron chi connectivity index (χ1n) is 10.2. The minimum absolute atomic E-state index is 0.0621. The van der Waals surface area contributed by atoms with Crippen LogP contribution in [0.5, 0.6) is 0 Å². The molecule has 3 aromatic carbocycles. The van der Waals surface area contributed by atoms with Crippen LogP contribution in [-0.4, -0.2) is 32.2 Å². The van der Waals surface area contributed by atoms with E-state index in [-0.39, 0.29) is 11.9 Å². The Bertz CT molecular complexity index is 865. The highest BCUT2D eigenvalue weighted by Crippen LogP contribution is 2.22. The van der Waals surface area contributed by atoms with Crippen molar-refractivity contribution < 1.29 is 14.4 Å². The van der Waals surface area contributed by atoms with Crippen LogP contribution in [0.1, 0.15) is 33.1 Å². The number of morpholine rings is 1. The van der Waals surface area contributed by atoms with Crippen molar-refractivity contribution in [3.63, 3.8) is 0 Å². The molecule has 0 atom stereocenters. The molecule has 2 N–H and O–H groups in total. The summed E-state index contributed by atoms with van der Waals surface area (Å²) in [6, 6.07) is 28.0. The number of nitrogens with one attached hydrogen (secondary N) is 2. The lowest BCUT2D eigenvalue weighted by atomic mass is 9.98. The highest BCUT2D eigenvalue weighted by Gasteiger charge is 2.18. The highest BCUT2D eigenvalue weighted by molar-refractivity contribution is 5.94. The maximum atomic E-state index is 13.0. The fraction of sp³-hybridized carbons (Fsp3) is 0.240. The predicted molar refractivity (Wildman–Crippen MR) is 114 cm³/mol. The van der Waals surface area contributed by atoms with E-state index >= 15 is 0 Å². The third-order valence-corrected chi connectivity index (χ3v) is 5.41. The average Bonchev–Trinajstić information content (AvgIpc) is 2.80. The first kappa shape index (κ1) is 19.4. The summed E-state index contributed by atoms with van der Waals surface area (Å²) in [4.78, 5) is 14.5. The predicted octanol–water partition coefficient (Wildman–Crippen LogP) is 2.62. The topological polar surface area (TPSA) is 42.8 Å². The van der Waals surface area contributed by atoms with E-state index in [4.69, 9.17) is 4.74 Å². The van der Waals surface area contributed by atoms with Gasteiger partial charge in [0.15, 0.2) is 0 Å². The summed E-state index contributed by atoms with van der Waals surface area (Å²) >= 11 is 0. The molecule has 1 aliphatic rings. The van der Waals surface area contributed by atoms with Crippen LogP contribution in [-0.2, 0) is 11.3 Å². The highest BCUT2D eigenvalue weighted by atomic mass is 16.5. The summed E-state index contributed by atoms with van der Waals surface area (Å²) in [7, 11) is 0. The van der Waals surface area contributed by atoms with Gasteiger partial charge in [0.1, 0.15) is 19.6 Å². The molecule has 1 heterocycles. The Morgan fingerprint density at radius 2 is 1.38 bits per heavy atom. The molecular formula is C25H27N2O2+. The van der Waals surface area contributed by atoms with Gasteiger partial charge >= 0.3 is 0 Å². The Hall–Kier alpha value is -2.95. The third-order valence-electron chi connectivity index (χ3n) is 5.41. The number of ether oxygens (including phenoxy) is 1. The van der Waals surface area contributed by atoms with Crippen molar-refractivity contribution in [2.45, 2.75) is 12.6 Å². The lowest BCUT2D eigenvalue weighted by molar-refractivity contribution is -0.921. The number of carbonyl (C=O) groups is 1. The molecule has 0 spiro atoms. The van der Waals surface area contributed by atoms with Gasteiger partial charge in [-0.15, -0.1) is 0 Å². The summed E-state index contributed by atoms with van der Waals surface area (Å²) in [5.74, 6) is -0.0621. The fourth-order valence-corrected chi connectivity index (χ4v) is 3.76. The molecule has 0 radical (unpaired) electrons. The SMILES string of the molecule is O=C(NC(c1ccccc1)c1ccccc1)c1ccc(C[NH+]2CCOCC2)cc1. The number of quaternary nitrogens is 1. The number of hydrogen-bond donors (Lipinski definition) is 2. The fourth-order valence-electron chi connectivity index (χ4n) is 3.76. The lowest BCUT2D eigenvalue weighted by Crippen LogP contribution is -3.12. The standard InChI is InChI=1S/C25H26N2O2/c28-25(23-13-11-20(12-14-23)19-27-15-17-29-18-16-27)26-24(21-7-3-1-4-8-21)22-9-5-2-6-10-22/h1-14,24H,15-19H2,(H,26,28)/p+1. The monoisotopic (exact) mass is 387 g/mol. The molecule has 4 rings (SSSR count). The summed E-state index contributed by atoms with van der Waals surface area (Å²) in [5, 5.41) is 3.21. The van der Waals surface area contributed by atoms with E-state index in [1.807, 2.05) is 72.8 Å². The van der Waals surface area contributed by atoms with Crippen molar-refractivity contribution >= 4 is 5.91 Å². The zero-order chi connectivity index (χ0) is 19.9. The summed E-state index contributed by atoms with van der Waals surface area (Å²) in [6.07, 6.45) is 0. The van der Waals surface area contributed by atoms with Gasteiger partial charge in [0.25, 0.3) is 5.91 Å². The molecule has 148 valence electrons. The summed E-state index contributed by atoms with van der Waals surface area (Å²) in [5.41, 5.74) is 4.07. The second-order valence-electron chi connectivity index (χ2n) is 7.46. The van der Waals surface area contributed by atoms with E-state index in [1.54, 1.807) is 0 Å². The lowest BCUT2D eigenvalue weighted by Gasteiger charge is -2.23. The number of rotatable bonds is 6. The second-order valence-corrected chi connectivity index (χ2v) is 7.46. The Morgan fingerprint density at radius 3 is 1.93 bits per heavy atom. The van der Waals surface area contributed by atoms with Crippen LogP contribution in [0.4, 0.5) is 0 Å². The molecule has 1 saturated heterocycles. The molecule has 1 fully saturated rings. The van der Waals surface area contributed by atoms with Gasteiger partial charge in [0.05, 0.1) is 19.3 Å². The van der Waals surface area contributed by atoms with Gasteiger partial charge in [-0.1, -0.05) is 72.8 Å². The van der Waals surface area contributed by atoms with Crippen LogP contribution in [0.2, 0.25) is 0 Å². The molecule has 0 aromatic heterocycles. The second kappa shape index (κ2) is 9.50. The summed E-state index contributed by atoms with van der Waals surface area (Å²) < 4.78 is 5.42. The molecule has 0 saturated carbocycles. The van der Waals surface area contributed by atoms with Crippen molar-refractivity contribution in [3.05, 3.63) is 107 Å². The van der Waals surface area contributed by atoms with E-state index in [0.717, 1.165) is 44.0 Å². The van der Waals surface area contributed by atoms with Crippen molar-refractivity contribution in [2.24, 2.45) is 0 Å². The maximum Gasteiger partial charge on any atom is 0.252 e. The first-order valence-corrected chi connectivity index (χ1v) is 10.2. The largest absolute Gasteiger partial charge is 0.370 e. The van der Waals surface area contributed by atoms with Crippen molar-refractivity contribution in [2.75, 3.05) is 26.3 Å². The first-order chi connectivity index (χ1) is 14.3. The molecule has 1 aliphatic heterocycles. The van der Waals surface area contributed by atoms with Crippen molar-refractivity contribution in [1.82, 2.24) is 5.32 Å². The van der Waals surface area contributed by atoms with Gasteiger partial charge in [-0.25, -0.2) is 0 Å². The van der Waals surface area contributed by atoms with E-state index in [9.17, 15) is 4.79 Å². The number of carbonyl (C=O) groups excluding carboxylic acids is 1. The quantitative estimate of drug-likeness (QED) is 0.683. The van der Waals surface area contributed by atoms with E-state index < -0.39 is 0 Å². The van der Waals surface area contributed by atoms with Gasteiger partial charge in [0, 0.05) is 11.1 Å². The average molecular weight is 388 g/mol. The Labute approximate surface area is 172 Å². The molecule has 0 unspecified atom stereocenters. The van der Waals surface area contributed by atoms with Crippen molar-refractivity contribution in [3.8, 4) is 0 Å². The maximum absolute atomic E-state index is 13.0. The van der Waals surface area contributed by atoms with Gasteiger partial charge in [-0.3, -0.25) is 4.79 Å². The minimum Gasteiger partial charge on any atom is -0.370 e. The van der Waals surface area contributed by atoms with E-state index in [0.29, 0.717) is 5.56 Å². The number of amides is 1. The normalized spacial score (nSPS) is 14.7. The van der Waals surface area contributed by atoms with Crippen LogP contribution >= 0.6 is 0 Å². The van der Waals surface area contributed by atoms with Crippen LogP contribution in [0.3, 0.4) is 0 Å². The third kappa shape index (κ3) is 5.11. The Balaban J connectivity index is 1.47. The Morgan fingerprint density at radius 1 is 0.828 bits per heavy atom. The van der Waals surface area contributed by atoms with Gasteiger partial charge in [-0.05, 0) is 23.3 Å². The zero-order valence-electron chi connectivity index (χ0n) is 16.5. The molecule has 29 heavy (non-hydrogen) atoms. The Kier molecular flexibility index (Phi) is 6.35. The van der Waals surface area contributed by atoms with Crippen LogP contribution in [0, 0.1) is 0 Å². The molecule has 1 amide bonds. The van der Waals surface area contributed by atoms with Crippen LogP contribution in [0.25, 0.3) is 0 Å². The molecular weight excluding hydrogens is 360 g/mol. The van der Waals surface area contributed by atoms with E-state index in [1.165, 1.54) is 10.5 Å². The molecule has 4 heteroatoms. The van der Waals surface area contributed by atoms with Crippen LogP contribution in [0.15, 0.2) is 84.9 Å². The number of hydrogen-bond acceptors (Lipinski definition) is 2. The number of benzene rings is 3.